The normalized spacial score (nSPS) is 11.3. The fourth-order valence-corrected chi connectivity index (χ4v) is 1.34. The molecule has 0 aliphatic heterocycles. The third kappa shape index (κ3) is 2.79. The minimum Gasteiger partial charge on any atom is -0.398 e. The summed E-state index contributed by atoms with van der Waals surface area (Å²) >= 11 is 5.63. The van der Waals surface area contributed by atoms with E-state index in [2.05, 4.69) is 5.32 Å². The SMILES string of the molecule is CC(=O)Nc1cc(C(F)(F)F)c(N)cc1Cl. The molecule has 3 N–H and O–H groups in total. The van der Waals surface area contributed by atoms with Crippen LogP contribution in [0.25, 0.3) is 0 Å². The molecule has 0 radical (unpaired) electrons. The largest absolute Gasteiger partial charge is 0.418 e. The Morgan fingerprint density at radius 3 is 2.44 bits per heavy atom. The van der Waals surface area contributed by atoms with Gasteiger partial charge in [0.1, 0.15) is 0 Å². The summed E-state index contributed by atoms with van der Waals surface area (Å²) in [5.41, 5.74) is 3.57. The van der Waals surface area contributed by atoms with E-state index in [9.17, 15) is 18.0 Å². The highest BCUT2D eigenvalue weighted by Gasteiger charge is 2.33. The van der Waals surface area contributed by atoms with Gasteiger partial charge in [-0.3, -0.25) is 4.79 Å². The average molecular weight is 253 g/mol. The zero-order valence-electron chi connectivity index (χ0n) is 8.15. The summed E-state index contributed by atoms with van der Waals surface area (Å²) in [5, 5.41) is 2.15. The van der Waals surface area contributed by atoms with E-state index in [1.807, 2.05) is 0 Å². The Morgan fingerprint density at radius 2 is 2.00 bits per heavy atom. The smallest absolute Gasteiger partial charge is 0.398 e. The Morgan fingerprint density at radius 1 is 1.44 bits per heavy atom. The Bertz CT molecular complexity index is 431. The number of carbonyl (C=O) groups is 1. The van der Waals surface area contributed by atoms with Crippen molar-refractivity contribution >= 4 is 28.9 Å². The monoisotopic (exact) mass is 252 g/mol. The number of halogens is 4. The summed E-state index contributed by atoms with van der Waals surface area (Å²) in [6.45, 7) is 1.17. The lowest BCUT2D eigenvalue weighted by molar-refractivity contribution is -0.136. The van der Waals surface area contributed by atoms with Crippen LogP contribution in [0.3, 0.4) is 0 Å². The minimum absolute atomic E-state index is 0.0410. The second-order valence-electron chi connectivity index (χ2n) is 3.10. The minimum atomic E-state index is -4.58. The maximum Gasteiger partial charge on any atom is 0.418 e. The molecule has 0 unspecified atom stereocenters. The van der Waals surface area contributed by atoms with Crippen LogP contribution in [0.5, 0.6) is 0 Å². The van der Waals surface area contributed by atoms with E-state index in [1.165, 1.54) is 6.92 Å². The number of nitrogen functional groups attached to an aromatic ring is 1. The molecular weight excluding hydrogens is 245 g/mol. The quantitative estimate of drug-likeness (QED) is 0.755. The summed E-state index contributed by atoms with van der Waals surface area (Å²) in [6, 6.07) is 1.66. The number of rotatable bonds is 1. The summed E-state index contributed by atoms with van der Waals surface area (Å²) in [5.74, 6) is -0.514. The molecule has 0 aliphatic carbocycles. The van der Waals surface area contributed by atoms with Gasteiger partial charge in [-0.05, 0) is 12.1 Å². The molecule has 0 aliphatic rings. The molecule has 7 heteroatoms. The molecule has 0 spiro atoms. The van der Waals surface area contributed by atoms with Gasteiger partial charge in [0, 0.05) is 12.6 Å². The van der Waals surface area contributed by atoms with E-state index in [0.29, 0.717) is 6.07 Å². The lowest BCUT2D eigenvalue weighted by atomic mass is 10.1. The Balaban J connectivity index is 3.27. The molecule has 0 fully saturated rings. The average Bonchev–Trinajstić information content (AvgIpc) is 2.06. The second kappa shape index (κ2) is 4.21. The van der Waals surface area contributed by atoms with Gasteiger partial charge in [-0.25, -0.2) is 0 Å². The summed E-state index contributed by atoms with van der Waals surface area (Å²) < 4.78 is 37.4. The number of alkyl halides is 3. The van der Waals surface area contributed by atoms with Crippen LogP contribution in [-0.2, 0) is 11.0 Å². The highest BCUT2D eigenvalue weighted by Crippen LogP contribution is 2.38. The van der Waals surface area contributed by atoms with Crippen LogP contribution in [0.15, 0.2) is 12.1 Å². The van der Waals surface area contributed by atoms with E-state index in [0.717, 1.165) is 6.07 Å². The summed E-state index contributed by atoms with van der Waals surface area (Å²) in [4.78, 5) is 10.7. The van der Waals surface area contributed by atoms with E-state index in [-0.39, 0.29) is 10.7 Å². The first-order chi connectivity index (χ1) is 7.21. The van der Waals surface area contributed by atoms with Gasteiger partial charge in [-0.15, -0.1) is 0 Å². The van der Waals surface area contributed by atoms with Crippen LogP contribution in [0, 0.1) is 0 Å². The van der Waals surface area contributed by atoms with Crippen molar-refractivity contribution in [3.05, 3.63) is 22.7 Å². The van der Waals surface area contributed by atoms with Crippen LogP contribution in [0.4, 0.5) is 24.5 Å². The summed E-state index contributed by atoms with van der Waals surface area (Å²) in [7, 11) is 0. The van der Waals surface area contributed by atoms with Gasteiger partial charge in [0.25, 0.3) is 0 Å². The molecule has 1 aromatic carbocycles. The van der Waals surface area contributed by atoms with Crippen LogP contribution >= 0.6 is 11.6 Å². The van der Waals surface area contributed by atoms with Gasteiger partial charge in [-0.2, -0.15) is 13.2 Å². The van der Waals surface area contributed by atoms with Crippen molar-refractivity contribution in [2.45, 2.75) is 13.1 Å². The van der Waals surface area contributed by atoms with Gasteiger partial charge in [0.05, 0.1) is 16.3 Å². The van der Waals surface area contributed by atoms with Crippen molar-refractivity contribution in [2.75, 3.05) is 11.1 Å². The molecule has 1 rings (SSSR count). The molecule has 3 nitrogen and oxygen atoms in total. The van der Waals surface area contributed by atoms with Gasteiger partial charge in [0.2, 0.25) is 5.91 Å². The fourth-order valence-electron chi connectivity index (χ4n) is 1.12. The van der Waals surface area contributed by atoms with Crippen LogP contribution in [0.1, 0.15) is 12.5 Å². The molecular formula is C9H8ClF3N2O. The van der Waals surface area contributed by atoms with E-state index >= 15 is 0 Å². The molecule has 0 atom stereocenters. The van der Waals surface area contributed by atoms with Crippen LogP contribution in [-0.4, -0.2) is 5.91 Å². The number of nitrogens with two attached hydrogens (primary N) is 1. The number of nitrogens with one attached hydrogen (secondary N) is 1. The van der Waals surface area contributed by atoms with Crippen LogP contribution < -0.4 is 11.1 Å². The number of amides is 1. The third-order valence-corrected chi connectivity index (χ3v) is 2.07. The number of hydrogen-bond donors (Lipinski definition) is 2. The first-order valence-electron chi connectivity index (χ1n) is 4.15. The van der Waals surface area contributed by atoms with E-state index in [4.69, 9.17) is 17.3 Å². The number of benzene rings is 1. The van der Waals surface area contributed by atoms with Crippen molar-refractivity contribution in [2.24, 2.45) is 0 Å². The molecule has 1 aromatic rings. The third-order valence-electron chi connectivity index (χ3n) is 1.76. The second-order valence-corrected chi connectivity index (χ2v) is 3.51. The Hall–Kier alpha value is -1.43. The topological polar surface area (TPSA) is 55.1 Å². The molecule has 0 saturated heterocycles. The van der Waals surface area contributed by atoms with Crippen molar-refractivity contribution in [3.8, 4) is 0 Å². The van der Waals surface area contributed by atoms with Crippen LogP contribution in [0.2, 0.25) is 5.02 Å². The Kier molecular flexibility index (Phi) is 3.32. The molecule has 16 heavy (non-hydrogen) atoms. The Labute approximate surface area is 94.4 Å². The number of carbonyl (C=O) groups excluding carboxylic acids is 1. The van der Waals surface area contributed by atoms with Crippen molar-refractivity contribution in [1.29, 1.82) is 0 Å². The molecule has 0 saturated carbocycles. The van der Waals surface area contributed by atoms with Gasteiger partial charge in [0.15, 0.2) is 0 Å². The predicted octanol–water partition coefficient (Wildman–Crippen LogP) is 2.90. The maximum absolute atomic E-state index is 12.5. The van der Waals surface area contributed by atoms with Gasteiger partial charge >= 0.3 is 6.18 Å². The molecule has 88 valence electrons. The maximum atomic E-state index is 12.5. The summed E-state index contributed by atoms with van der Waals surface area (Å²) in [6.07, 6.45) is -4.58. The lowest BCUT2D eigenvalue weighted by Gasteiger charge is -2.13. The zero-order chi connectivity index (χ0) is 12.5. The number of hydrogen-bond acceptors (Lipinski definition) is 2. The predicted molar refractivity (Wildman–Crippen MR) is 55.2 cm³/mol. The molecule has 0 bridgehead atoms. The van der Waals surface area contributed by atoms with Crippen molar-refractivity contribution in [3.63, 3.8) is 0 Å². The van der Waals surface area contributed by atoms with Crippen molar-refractivity contribution < 1.29 is 18.0 Å². The molecule has 0 heterocycles. The first kappa shape index (κ1) is 12.6. The van der Waals surface area contributed by atoms with E-state index < -0.39 is 23.3 Å². The zero-order valence-corrected chi connectivity index (χ0v) is 8.91. The highest BCUT2D eigenvalue weighted by atomic mass is 35.5. The number of anilines is 2. The van der Waals surface area contributed by atoms with Gasteiger partial charge < -0.3 is 11.1 Å². The lowest BCUT2D eigenvalue weighted by Crippen LogP contribution is -2.12. The standard InChI is InChI=1S/C9H8ClF3N2O/c1-4(16)15-8-2-5(9(11,12)13)7(14)3-6(8)10/h2-3H,14H2,1H3,(H,15,16). The first-order valence-corrected chi connectivity index (χ1v) is 4.53. The molecule has 1 amide bonds. The van der Waals surface area contributed by atoms with Crippen molar-refractivity contribution in [1.82, 2.24) is 0 Å². The highest BCUT2D eigenvalue weighted by molar-refractivity contribution is 6.34. The molecule has 0 aromatic heterocycles. The fraction of sp³-hybridized carbons (Fsp3) is 0.222. The van der Waals surface area contributed by atoms with Gasteiger partial charge in [-0.1, -0.05) is 11.6 Å². The van der Waals surface area contributed by atoms with E-state index in [1.54, 1.807) is 0 Å².